The molecular weight excluding hydrogens is 560 g/mol. The van der Waals surface area contributed by atoms with Gasteiger partial charge in [0.2, 0.25) is 0 Å². The summed E-state index contributed by atoms with van der Waals surface area (Å²) in [6.07, 6.45) is 5.99. The Kier molecular flexibility index (Phi) is 7.66. The number of hydrogen-bond donors (Lipinski definition) is 0. The number of benzene rings is 4. The predicted octanol–water partition coefficient (Wildman–Crippen LogP) is 8.31. The Bertz CT molecular complexity index is 1580. The zero-order chi connectivity index (χ0) is 30.3. The van der Waals surface area contributed by atoms with E-state index in [4.69, 9.17) is 23.7 Å². The molecule has 2 aliphatic heterocycles. The van der Waals surface area contributed by atoms with Crippen molar-refractivity contribution in [2.24, 2.45) is 0 Å². The lowest BCUT2D eigenvalue weighted by molar-refractivity contribution is 0.0749. The molecule has 6 bridgehead atoms. The lowest BCUT2D eigenvalue weighted by Crippen LogP contribution is -2.24. The van der Waals surface area contributed by atoms with Crippen LogP contribution in [0.3, 0.4) is 0 Å². The Morgan fingerprint density at radius 3 is 1.24 bits per heavy atom. The molecule has 0 amide bonds. The van der Waals surface area contributed by atoms with Gasteiger partial charge in [-0.1, -0.05) is 72.8 Å². The summed E-state index contributed by atoms with van der Waals surface area (Å²) in [5.74, 6) is 5.45. The van der Waals surface area contributed by atoms with E-state index in [-0.39, 0.29) is 0 Å². The van der Waals surface area contributed by atoms with Crippen molar-refractivity contribution in [2.45, 2.75) is 62.2 Å². The minimum atomic E-state index is 0.353. The Morgan fingerprint density at radius 1 is 0.467 bits per heavy atom. The van der Waals surface area contributed by atoms with E-state index < -0.39 is 0 Å². The van der Waals surface area contributed by atoms with Crippen molar-refractivity contribution < 1.29 is 23.7 Å². The number of hydrogen-bond acceptors (Lipinski definition) is 5. The summed E-state index contributed by atoms with van der Waals surface area (Å²) in [7, 11) is 3.65. The van der Waals surface area contributed by atoms with E-state index in [1.54, 1.807) is 0 Å². The Morgan fingerprint density at radius 2 is 0.844 bits per heavy atom. The quantitative estimate of drug-likeness (QED) is 0.216. The van der Waals surface area contributed by atoms with Crippen molar-refractivity contribution in [3.8, 4) is 23.0 Å². The maximum absolute atomic E-state index is 6.69. The van der Waals surface area contributed by atoms with Gasteiger partial charge in [0.25, 0.3) is 0 Å². The molecule has 4 unspecified atom stereocenters. The van der Waals surface area contributed by atoms with Crippen LogP contribution in [-0.4, -0.2) is 40.6 Å². The average Bonchev–Trinajstić information content (AvgIpc) is 3.01. The first-order valence-electron chi connectivity index (χ1n) is 16.6. The predicted molar refractivity (Wildman–Crippen MR) is 176 cm³/mol. The molecule has 4 aromatic rings. The van der Waals surface area contributed by atoms with E-state index in [9.17, 15) is 0 Å². The summed E-state index contributed by atoms with van der Waals surface area (Å²) in [5, 5.41) is 0. The average molecular weight is 603 g/mol. The molecule has 0 N–H and O–H groups in total. The highest BCUT2D eigenvalue weighted by Gasteiger charge is 2.40. The van der Waals surface area contributed by atoms with Gasteiger partial charge in [0.15, 0.2) is 0 Å². The first kappa shape index (κ1) is 28.5. The van der Waals surface area contributed by atoms with E-state index in [0.717, 1.165) is 61.5 Å². The normalized spacial score (nSPS) is 23.6. The molecule has 0 spiro atoms. The molecule has 0 saturated heterocycles. The number of ether oxygens (including phenoxy) is 5. The first-order chi connectivity index (χ1) is 22.2. The number of methoxy groups -OCH3 is 2. The van der Waals surface area contributed by atoms with Crippen molar-refractivity contribution in [1.82, 2.24) is 0 Å². The van der Waals surface area contributed by atoms with Gasteiger partial charge in [-0.25, -0.2) is 0 Å². The molecule has 0 radical (unpaired) electrons. The Hall–Kier alpha value is -3.96. The minimum absolute atomic E-state index is 0.353. The molecule has 45 heavy (non-hydrogen) atoms. The second-order valence-electron chi connectivity index (χ2n) is 13.0. The van der Waals surface area contributed by atoms with Crippen LogP contribution in [0.2, 0.25) is 0 Å². The van der Waals surface area contributed by atoms with Crippen molar-refractivity contribution >= 4 is 0 Å². The molecule has 8 rings (SSSR count). The summed E-state index contributed by atoms with van der Waals surface area (Å²) in [5.41, 5.74) is 9.96. The standard InChI is InChI=1S/C40H42O5/c1-41-37-25-7-3-11-33(37)29-15-17-31(29)35-13-6-10-28-24-26-8-4-12-34(38(26)42-2)30-16-18-32(30)36-14-5-9-27(23-25)39(36)44-21-19-43-20-22-45-40(28)35/h3-14,29-32H,15-24H2,1-2H3. The number of fused-ring (bicyclic) bond motifs is 16. The fourth-order valence-electron chi connectivity index (χ4n) is 8.40. The van der Waals surface area contributed by atoms with Crippen LogP contribution >= 0.6 is 0 Å². The molecule has 2 fully saturated rings. The van der Waals surface area contributed by atoms with Gasteiger partial charge in [-0.3, -0.25) is 0 Å². The maximum atomic E-state index is 6.69. The van der Waals surface area contributed by atoms with Gasteiger partial charge in [0.1, 0.15) is 36.2 Å². The Labute approximate surface area is 266 Å². The van der Waals surface area contributed by atoms with Crippen LogP contribution < -0.4 is 18.9 Å². The zero-order valence-electron chi connectivity index (χ0n) is 26.3. The van der Waals surface area contributed by atoms with E-state index in [1.165, 1.54) is 44.5 Å². The Balaban J connectivity index is 1.38. The van der Waals surface area contributed by atoms with E-state index in [2.05, 4.69) is 72.8 Å². The van der Waals surface area contributed by atoms with Crippen LogP contribution in [0.1, 0.15) is 93.9 Å². The second-order valence-corrected chi connectivity index (χ2v) is 13.0. The molecule has 232 valence electrons. The molecule has 5 heteroatoms. The SMILES string of the molecule is COc1c2cccc1C1CCC1c1cccc3c1OCCOCCOc1c(cccc1C1CCC1c1cccc(c1OC)C3)C2. The van der Waals surface area contributed by atoms with E-state index in [1.807, 2.05) is 14.2 Å². The first-order valence-corrected chi connectivity index (χ1v) is 16.6. The largest absolute Gasteiger partial charge is 0.496 e. The van der Waals surface area contributed by atoms with Gasteiger partial charge < -0.3 is 23.7 Å². The lowest BCUT2D eigenvalue weighted by Gasteiger charge is -2.40. The summed E-state index contributed by atoms with van der Waals surface area (Å²) in [6.45, 7) is 2.00. The molecule has 5 nitrogen and oxygen atoms in total. The van der Waals surface area contributed by atoms with Crippen LogP contribution in [0.4, 0.5) is 0 Å². The number of rotatable bonds is 2. The van der Waals surface area contributed by atoms with Crippen LogP contribution in [0, 0.1) is 0 Å². The summed E-state index contributed by atoms with van der Waals surface area (Å²) in [4.78, 5) is 0. The second kappa shape index (κ2) is 12.1. The zero-order valence-corrected chi connectivity index (χ0v) is 26.3. The van der Waals surface area contributed by atoms with Crippen molar-refractivity contribution in [2.75, 3.05) is 40.6 Å². The van der Waals surface area contributed by atoms with E-state index >= 15 is 0 Å². The molecule has 2 heterocycles. The smallest absolute Gasteiger partial charge is 0.126 e. The maximum Gasteiger partial charge on any atom is 0.126 e. The topological polar surface area (TPSA) is 46.2 Å². The third kappa shape index (κ3) is 4.96. The van der Waals surface area contributed by atoms with Crippen molar-refractivity contribution in [3.05, 3.63) is 117 Å². The van der Waals surface area contributed by atoms with Crippen molar-refractivity contribution in [1.29, 1.82) is 0 Å². The van der Waals surface area contributed by atoms with Gasteiger partial charge in [-0.15, -0.1) is 0 Å². The third-order valence-electron chi connectivity index (χ3n) is 10.8. The van der Waals surface area contributed by atoms with Crippen LogP contribution in [-0.2, 0) is 17.6 Å². The summed E-state index contributed by atoms with van der Waals surface area (Å²) >= 11 is 0. The van der Waals surface area contributed by atoms with Crippen molar-refractivity contribution in [3.63, 3.8) is 0 Å². The monoisotopic (exact) mass is 602 g/mol. The molecule has 2 saturated carbocycles. The van der Waals surface area contributed by atoms with Crippen LogP contribution in [0.5, 0.6) is 23.0 Å². The molecule has 4 atom stereocenters. The van der Waals surface area contributed by atoms with Crippen LogP contribution in [0.25, 0.3) is 0 Å². The molecular formula is C40H42O5. The fourth-order valence-corrected chi connectivity index (χ4v) is 8.40. The molecule has 4 aliphatic rings. The van der Waals surface area contributed by atoms with Gasteiger partial charge in [0, 0.05) is 12.8 Å². The van der Waals surface area contributed by atoms with Gasteiger partial charge in [0.05, 0.1) is 27.4 Å². The minimum Gasteiger partial charge on any atom is -0.496 e. The van der Waals surface area contributed by atoms with Gasteiger partial charge >= 0.3 is 0 Å². The van der Waals surface area contributed by atoms with Gasteiger partial charge in [-0.2, -0.15) is 0 Å². The molecule has 0 aromatic heterocycles. The fraction of sp³-hybridized carbons (Fsp3) is 0.400. The highest BCUT2D eigenvalue weighted by Crippen LogP contribution is 2.56. The van der Waals surface area contributed by atoms with Gasteiger partial charge in [-0.05, 0) is 93.9 Å². The highest BCUT2D eigenvalue weighted by molar-refractivity contribution is 5.57. The third-order valence-corrected chi connectivity index (χ3v) is 10.8. The summed E-state index contributed by atoms with van der Waals surface area (Å²) < 4.78 is 31.9. The lowest BCUT2D eigenvalue weighted by atomic mass is 9.65. The summed E-state index contributed by atoms with van der Waals surface area (Å²) in [6, 6.07) is 26.8. The van der Waals surface area contributed by atoms with E-state index in [0.29, 0.717) is 50.1 Å². The number of para-hydroxylation sites is 4. The molecule has 4 aromatic carbocycles. The highest BCUT2D eigenvalue weighted by atomic mass is 16.5. The molecule has 2 aliphatic carbocycles. The van der Waals surface area contributed by atoms with Crippen LogP contribution in [0.15, 0.2) is 72.8 Å².